The van der Waals surface area contributed by atoms with E-state index in [2.05, 4.69) is 43.8 Å². The Morgan fingerprint density at radius 2 is 1.70 bits per heavy atom. The van der Waals surface area contributed by atoms with E-state index in [1.54, 1.807) is 24.7 Å². The molecule has 10 heteroatoms. The van der Waals surface area contributed by atoms with Crippen molar-refractivity contribution in [2.45, 2.75) is 116 Å². The van der Waals surface area contributed by atoms with E-state index in [4.69, 9.17) is 20.8 Å². The first-order valence-corrected chi connectivity index (χ1v) is 19.9. The molecule has 0 saturated carbocycles. The van der Waals surface area contributed by atoms with Crippen LogP contribution >= 0.6 is 11.6 Å². The smallest absolute Gasteiger partial charge is 0.410 e. The van der Waals surface area contributed by atoms with Crippen LogP contribution in [0.1, 0.15) is 94.5 Å². The first-order chi connectivity index (χ1) is 22.0. The van der Waals surface area contributed by atoms with Crippen molar-refractivity contribution >= 4 is 31.9 Å². The molecule has 1 saturated heterocycles. The van der Waals surface area contributed by atoms with Crippen LogP contribution in [0.25, 0.3) is 0 Å². The highest BCUT2D eigenvalue weighted by molar-refractivity contribution is 6.74. The Morgan fingerprint density at radius 3 is 2.26 bits per heavy atom. The molecule has 0 bridgehead atoms. The van der Waals surface area contributed by atoms with E-state index in [9.17, 15) is 9.59 Å². The maximum absolute atomic E-state index is 14.0. The molecule has 1 fully saturated rings. The van der Waals surface area contributed by atoms with Crippen molar-refractivity contribution < 1.29 is 18.8 Å². The zero-order valence-electron chi connectivity index (χ0n) is 29.4. The van der Waals surface area contributed by atoms with Crippen molar-refractivity contribution in [1.82, 2.24) is 19.8 Å². The van der Waals surface area contributed by atoms with E-state index in [1.165, 1.54) is 0 Å². The number of hydrogen-bond donors (Lipinski definition) is 0. The third-order valence-electron chi connectivity index (χ3n) is 9.24. The van der Waals surface area contributed by atoms with Crippen LogP contribution in [0.2, 0.25) is 23.3 Å². The van der Waals surface area contributed by atoms with Crippen molar-refractivity contribution in [3.63, 3.8) is 0 Å². The molecule has 0 spiro atoms. The van der Waals surface area contributed by atoms with Crippen molar-refractivity contribution in [3.05, 3.63) is 94.5 Å². The molecule has 1 aliphatic heterocycles. The van der Waals surface area contributed by atoms with Crippen LogP contribution in [-0.4, -0.2) is 64.3 Å². The first-order valence-electron chi connectivity index (χ1n) is 16.6. The second kappa shape index (κ2) is 14.9. The summed E-state index contributed by atoms with van der Waals surface area (Å²) in [5.41, 5.74) is 2.91. The summed E-state index contributed by atoms with van der Waals surface area (Å²) in [7, 11) is -2.27. The van der Waals surface area contributed by atoms with Crippen molar-refractivity contribution in [2.75, 3.05) is 6.54 Å². The minimum absolute atomic E-state index is 0.0265. The number of likely N-dealkylation sites (tertiary alicyclic amines) is 1. The lowest BCUT2D eigenvalue weighted by atomic mass is 10.0. The lowest BCUT2D eigenvalue weighted by Gasteiger charge is -2.43. The Balaban J connectivity index is 1.61. The number of halogens is 1. The average molecular weight is 679 g/mol. The molecule has 254 valence electrons. The van der Waals surface area contributed by atoms with Gasteiger partial charge in [0.05, 0.1) is 12.1 Å². The number of aromatic nitrogens is 2. The van der Waals surface area contributed by atoms with Gasteiger partial charge in [0, 0.05) is 48.8 Å². The van der Waals surface area contributed by atoms with E-state index in [0.29, 0.717) is 30.2 Å². The number of benzene rings is 1. The van der Waals surface area contributed by atoms with Crippen LogP contribution in [0.3, 0.4) is 0 Å². The second-order valence-corrected chi connectivity index (χ2v) is 20.1. The number of carbonyl (C=O) groups excluding carboxylic acids is 2. The lowest BCUT2D eigenvalue weighted by molar-refractivity contribution is -0.00244. The molecule has 3 aromatic rings. The fraction of sp³-hybridized carbons (Fsp3) is 0.514. The molecule has 1 aliphatic rings. The van der Waals surface area contributed by atoms with E-state index in [0.717, 1.165) is 29.5 Å². The Bertz CT molecular complexity index is 1490. The van der Waals surface area contributed by atoms with Gasteiger partial charge in [0.2, 0.25) is 0 Å². The quantitative estimate of drug-likeness (QED) is 0.157. The van der Waals surface area contributed by atoms with Crippen LogP contribution in [0.15, 0.2) is 67.1 Å². The summed E-state index contributed by atoms with van der Waals surface area (Å²) in [6.07, 6.45) is 6.71. The average Bonchev–Trinajstić information content (AvgIpc) is 3.41. The summed E-state index contributed by atoms with van der Waals surface area (Å²) < 4.78 is 13.1. The molecule has 47 heavy (non-hydrogen) atoms. The summed E-state index contributed by atoms with van der Waals surface area (Å²) in [5, 5.41) is 0.374. The standard InChI is InChI=1S/C37H51ClN4O4Si/c1-10-41(25-27-12-11-21-39-23-27)34(43)28-15-13-26(14-16-28)22-30-18-19-31(42(30)35(44)45-36(2,3)4)33(29-17-20-32(38)40-24-29)46-47(8,9)37(5,6)7/h11-17,20-21,23-24,30-31,33H,10,18-19,22,25H2,1-9H3/t30?,31?,33-/m1/s1. The Hall–Kier alpha value is -3.27. The second-order valence-electron chi connectivity index (χ2n) is 15.0. The Kier molecular flexibility index (Phi) is 11.6. The van der Waals surface area contributed by atoms with E-state index in [1.807, 2.05) is 80.0 Å². The number of carbonyl (C=O) groups is 2. The Labute approximate surface area is 287 Å². The van der Waals surface area contributed by atoms with Gasteiger partial charge < -0.3 is 14.1 Å². The molecule has 4 rings (SSSR count). The van der Waals surface area contributed by atoms with Crippen LogP contribution in [-0.2, 0) is 22.1 Å². The van der Waals surface area contributed by atoms with Crippen LogP contribution in [0.4, 0.5) is 4.79 Å². The number of pyridine rings is 2. The molecular formula is C37H51ClN4O4Si. The van der Waals surface area contributed by atoms with Gasteiger partial charge in [-0.2, -0.15) is 0 Å². The Morgan fingerprint density at radius 1 is 1.00 bits per heavy atom. The van der Waals surface area contributed by atoms with Gasteiger partial charge in [0.15, 0.2) is 8.32 Å². The maximum atomic E-state index is 14.0. The van der Waals surface area contributed by atoms with E-state index in [-0.39, 0.29) is 29.1 Å². The molecule has 0 N–H and O–H groups in total. The lowest BCUT2D eigenvalue weighted by Crippen LogP contribution is -2.50. The topological polar surface area (TPSA) is 84.9 Å². The van der Waals surface area contributed by atoms with Gasteiger partial charge in [0.25, 0.3) is 5.91 Å². The number of ether oxygens (including phenoxy) is 1. The number of rotatable bonds is 10. The molecule has 1 aromatic carbocycles. The highest BCUT2D eigenvalue weighted by Gasteiger charge is 2.47. The predicted molar refractivity (Wildman–Crippen MR) is 190 cm³/mol. The van der Waals surface area contributed by atoms with Gasteiger partial charge >= 0.3 is 6.09 Å². The molecule has 2 amide bonds. The molecule has 2 unspecified atom stereocenters. The third-order valence-corrected chi connectivity index (χ3v) is 13.9. The van der Waals surface area contributed by atoms with Gasteiger partial charge in [-0.15, -0.1) is 0 Å². The van der Waals surface area contributed by atoms with Crippen LogP contribution in [0.5, 0.6) is 0 Å². The minimum atomic E-state index is -2.27. The van der Waals surface area contributed by atoms with Gasteiger partial charge in [-0.05, 0) is 100 Å². The van der Waals surface area contributed by atoms with Gasteiger partial charge in [-0.25, -0.2) is 9.78 Å². The maximum Gasteiger partial charge on any atom is 0.410 e. The van der Waals surface area contributed by atoms with E-state index < -0.39 is 20.0 Å². The molecule has 2 aromatic heterocycles. The third kappa shape index (κ3) is 9.42. The fourth-order valence-corrected chi connectivity index (χ4v) is 7.10. The van der Waals surface area contributed by atoms with Crippen LogP contribution < -0.4 is 0 Å². The van der Waals surface area contributed by atoms with Gasteiger partial charge in [0.1, 0.15) is 10.8 Å². The fourth-order valence-electron chi connectivity index (χ4n) is 5.70. The molecule has 3 atom stereocenters. The summed E-state index contributed by atoms with van der Waals surface area (Å²) in [5.74, 6) is -0.0265. The highest BCUT2D eigenvalue weighted by Crippen LogP contribution is 2.44. The SMILES string of the molecule is CCN(Cc1cccnc1)C(=O)c1ccc(CC2CCC([C@H](O[Si](C)(C)C(C)(C)C)c3ccc(Cl)nc3)N2C(=O)OC(C)(C)C)cc1. The van der Waals surface area contributed by atoms with Crippen LogP contribution in [0, 0.1) is 0 Å². The number of amides is 2. The van der Waals surface area contributed by atoms with Gasteiger partial charge in [-0.3, -0.25) is 14.7 Å². The zero-order chi connectivity index (χ0) is 34.6. The number of hydrogen-bond acceptors (Lipinski definition) is 6. The summed E-state index contributed by atoms with van der Waals surface area (Å²) in [4.78, 5) is 39.6. The zero-order valence-corrected chi connectivity index (χ0v) is 31.2. The van der Waals surface area contributed by atoms with Crippen molar-refractivity contribution in [3.8, 4) is 0 Å². The molecule has 8 nitrogen and oxygen atoms in total. The summed E-state index contributed by atoms with van der Waals surface area (Å²) >= 11 is 6.19. The largest absolute Gasteiger partial charge is 0.444 e. The minimum Gasteiger partial charge on any atom is -0.444 e. The van der Waals surface area contributed by atoms with E-state index >= 15 is 0 Å². The molecule has 0 radical (unpaired) electrons. The van der Waals surface area contributed by atoms with Gasteiger partial charge in [-0.1, -0.05) is 56.6 Å². The normalized spacial score (nSPS) is 17.8. The predicted octanol–water partition coefficient (Wildman–Crippen LogP) is 8.87. The van der Waals surface area contributed by atoms with Crippen molar-refractivity contribution in [2.24, 2.45) is 0 Å². The summed E-state index contributed by atoms with van der Waals surface area (Å²) in [6.45, 7) is 19.8. The first kappa shape index (κ1) is 36.6. The monoisotopic (exact) mass is 678 g/mol. The molecule has 0 aliphatic carbocycles. The summed E-state index contributed by atoms with van der Waals surface area (Å²) in [6, 6.07) is 15.0. The molecular weight excluding hydrogens is 628 g/mol. The number of nitrogens with zero attached hydrogens (tertiary/aromatic N) is 4. The van der Waals surface area contributed by atoms with Crippen molar-refractivity contribution in [1.29, 1.82) is 0 Å². The molecule has 3 heterocycles. The highest BCUT2D eigenvalue weighted by atomic mass is 35.5.